The summed E-state index contributed by atoms with van der Waals surface area (Å²) in [6, 6.07) is 5.17. The molecule has 1 rings (SSSR count). The second-order valence-electron chi connectivity index (χ2n) is 8.79. The van der Waals surface area contributed by atoms with Crippen molar-refractivity contribution in [3.8, 4) is 0 Å². The average molecular weight is 449 g/mol. The summed E-state index contributed by atoms with van der Waals surface area (Å²) in [6.07, 6.45) is 0.593. The molecule has 0 spiro atoms. The fraction of sp³-hybridized carbons (Fsp3) is 0.565. The molecule has 178 valence electrons. The molecule has 9 heteroatoms. The molecule has 4 atom stereocenters. The predicted octanol–water partition coefficient (Wildman–Crippen LogP) is 0.817. The van der Waals surface area contributed by atoms with Crippen molar-refractivity contribution in [2.45, 2.75) is 71.6 Å². The summed E-state index contributed by atoms with van der Waals surface area (Å²) >= 11 is 0. The minimum absolute atomic E-state index is 0.112. The van der Waals surface area contributed by atoms with E-state index in [4.69, 9.17) is 5.73 Å². The van der Waals surface area contributed by atoms with Gasteiger partial charge in [-0.1, -0.05) is 58.0 Å². The van der Waals surface area contributed by atoms with Crippen LogP contribution in [0.5, 0.6) is 0 Å². The first-order chi connectivity index (χ1) is 14.9. The average Bonchev–Trinajstić information content (AvgIpc) is 2.70. The van der Waals surface area contributed by atoms with Gasteiger partial charge in [-0.3, -0.25) is 14.4 Å². The summed E-state index contributed by atoms with van der Waals surface area (Å²) in [4.78, 5) is 49.2. The van der Waals surface area contributed by atoms with E-state index in [1.165, 1.54) is 6.92 Å². The van der Waals surface area contributed by atoms with E-state index in [0.717, 1.165) is 5.56 Å². The molecular formula is C23H36N4O5. The molecule has 1 aromatic rings. The van der Waals surface area contributed by atoms with E-state index in [0.29, 0.717) is 6.42 Å². The van der Waals surface area contributed by atoms with Crippen LogP contribution < -0.4 is 21.7 Å². The van der Waals surface area contributed by atoms with E-state index in [-0.39, 0.29) is 18.3 Å². The van der Waals surface area contributed by atoms with Crippen molar-refractivity contribution in [3.63, 3.8) is 0 Å². The molecule has 0 saturated carbocycles. The Bertz CT molecular complexity index is 782. The van der Waals surface area contributed by atoms with Crippen LogP contribution in [-0.4, -0.2) is 53.0 Å². The summed E-state index contributed by atoms with van der Waals surface area (Å²) in [6.45, 7) is 8.88. The first-order valence-corrected chi connectivity index (χ1v) is 10.9. The van der Waals surface area contributed by atoms with Crippen LogP contribution in [0, 0.1) is 11.8 Å². The quantitative estimate of drug-likeness (QED) is 0.319. The molecular weight excluding hydrogens is 412 g/mol. The molecule has 0 fully saturated rings. The van der Waals surface area contributed by atoms with Crippen LogP contribution in [0.3, 0.4) is 0 Å². The highest BCUT2D eigenvalue weighted by molar-refractivity contribution is 5.94. The maximum atomic E-state index is 12.7. The molecule has 4 unspecified atom stereocenters. The zero-order chi connectivity index (χ0) is 24.4. The summed E-state index contributed by atoms with van der Waals surface area (Å²) in [5.74, 6) is -2.80. The van der Waals surface area contributed by atoms with Crippen molar-refractivity contribution < 1.29 is 24.3 Å². The van der Waals surface area contributed by atoms with Gasteiger partial charge in [0.15, 0.2) is 0 Å². The Morgan fingerprint density at radius 3 is 1.97 bits per heavy atom. The van der Waals surface area contributed by atoms with E-state index >= 15 is 0 Å². The number of hydrogen-bond donors (Lipinski definition) is 5. The molecule has 3 amide bonds. The monoisotopic (exact) mass is 448 g/mol. The summed E-state index contributed by atoms with van der Waals surface area (Å²) in [7, 11) is 0. The number of carboxylic acids is 1. The number of carboxylic acid groups (broad SMARTS) is 1. The van der Waals surface area contributed by atoms with Gasteiger partial charge in [-0.15, -0.1) is 0 Å². The van der Waals surface area contributed by atoms with Crippen LogP contribution in [0.1, 0.15) is 46.6 Å². The topological polar surface area (TPSA) is 151 Å². The zero-order valence-electron chi connectivity index (χ0n) is 19.4. The van der Waals surface area contributed by atoms with E-state index in [2.05, 4.69) is 16.0 Å². The Labute approximate surface area is 189 Å². The SMILES string of the molecule is CC(C)CC(N)C(=O)NC(C(=O)NC(C)C(=O)NC(Cc1ccccc1)C(=O)O)C(C)C. The van der Waals surface area contributed by atoms with Crippen molar-refractivity contribution in [3.05, 3.63) is 35.9 Å². The van der Waals surface area contributed by atoms with Crippen LogP contribution in [0.25, 0.3) is 0 Å². The molecule has 6 N–H and O–H groups in total. The Hall–Kier alpha value is -2.94. The lowest BCUT2D eigenvalue weighted by Crippen LogP contribution is -2.57. The van der Waals surface area contributed by atoms with Gasteiger partial charge in [-0.2, -0.15) is 0 Å². The Morgan fingerprint density at radius 2 is 1.47 bits per heavy atom. The van der Waals surface area contributed by atoms with Gasteiger partial charge >= 0.3 is 5.97 Å². The minimum atomic E-state index is -1.17. The van der Waals surface area contributed by atoms with Crippen molar-refractivity contribution >= 4 is 23.7 Å². The van der Waals surface area contributed by atoms with E-state index < -0.39 is 47.9 Å². The highest BCUT2D eigenvalue weighted by Crippen LogP contribution is 2.07. The summed E-state index contributed by atoms with van der Waals surface area (Å²) in [5.41, 5.74) is 6.66. The molecule has 0 aliphatic carbocycles. The number of carbonyl (C=O) groups is 4. The van der Waals surface area contributed by atoms with Gasteiger partial charge in [0.1, 0.15) is 18.1 Å². The van der Waals surface area contributed by atoms with Gasteiger partial charge in [-0.05, 0) is 30.7 Å². The van der Waals surface area contributed by atoms with Crippen LogP contribution in [0.2, 0.25) is 0 Å². The van der Waals surface area contributed by atoms with Crippen molar-refractivity contribution in [1.82, 2.24) is 16.0 Å². The lowest BCUT2D eigenvalue weighted by atomic mass is 10.00. The van der Waals surface area contributed by atoms with E-state index in [1.54, 1.807) is 38.1 Å². The molecule has 32 heavy (non-hydrogen) atoms. The first kappa shape index (κ1) is 27.1. The molecule has 0 heterocycles. The summed E-state index contributed by atoms with van der Waals surface area (Å²) < 4.78 is 0. The number of aliphatic carboxylic acids is 1. The number of rotatable bonds is 12. The number of carbonyl (C=O) groups excluding carboxylic acids is 3. The van der Waals surface area contributed by atoms with Crippen LogP contribution >= 0.6 is 0 Å². The smallest absolute Gasteiger partial charge is 0.326 e. The molecule has 0 radical (unpaired) electrons. The standard InChI is InChI=1S/C23H36N4O5/c1-13(2)11-17(24)21(29)27-19(14(3)4)22(30)25-15(5)20(28)26-18(23(31)32)12-16-9-7-6-8-10-16/h6-10,13-15,17-19H,11-12,24H2,1-5H3,(H,25,30)(H,26,28)(H,27,29)(H,31,32). The number of hydrogen-bond acceptors (Lipinski definition) is 5. The molecule has 9 nitrogen and oxygen atoms in total. The minimum Gasteiger partial charge on any atom is -0.480 e. The van der Waals surface area contributed by atoms with Crippen molar-refractivity contribution in [1.29, 1.82) is 0 Å². The fourth-order valence-electron chi connectivity index (χ4n) is 3.13. The third-order valence-corrected chi connectivity index (χ3v) is 4.96. The predicted molar refractivity (Wildman–Crippen MR) is 122 cm³/mol. The first-order valence-electron chi connectivity index (χ1n) is 10.9. The molecule has 0 bridgehead atoms. The maximum Gasteiger partial charge on any atom is 0.326 e. The lowest BCUT2D eigenvalue weighted by molar-refractivity contribution is -0.142. The highest BCUT2D eigenvalue weighted by atomic mass is 16.4. The van der Waals surface area contributed by atoms with E-state index in [1.807, 2.05) is 19.9 Å². The van der Waals surface area contributed by atoms with Gasteiger partial charge in [0, 0.05) is 6.42 Å². The highest BCUT2D eigenvalue weighted by Gasteiger charge is 2.30. The van der Waals surface area contributed by atoms with Gasteiger partial charge in [-0.25, -0.2) is 4.79 Å². The maximum absolute atomic E-state index is 12.7. The Morgan fingerprint density at radius 1 is 0.875 bits per heavy atom. The molecule has 0 aromatic heterocycles. The molecule has 1 aromatic carbocycles. The second-order valence-corrected chi connectivity index (χ2v) is 8.79. The Kier molecular flexibility index (Phi) is 10.8. The second kappa shape index (κ2) is 12.8. The zero-order valence-corrected chi connectivity index (χ0v) is 19.4. The number of nitrogens with one attached hydrogen (secondary N) is 3. The molecule has 0 aliphatic heterocycles. The van der Waals surface area contributed by atoms with Crippen LogP contribution in [-0.2, 0) is 25.6 Å². The number of benzene rings is 1. The molecule has 0 saturated heterocycles. The van der Waals surface area contributed by atoms with Gasteiger partial charge in [0.05, 0.1) is 6.04 Å². The van der Waals surface area contributed by atoms with Gasteiger partial charge in [0.25, 0.3) is 0 Å². The third kappa shape index (κ3) is 9.05. The summed E-state index contributed by atoms with van der Waals surface area (Å²) in [5, 5.41) is 17.1. The lowest BCUT2D eigenvalue weighted by Gasteiger charge is -2.26. The molecule has 0 aliphatic rings. The van der Waals surface area contributed by atoms with Gasteiger partial charge in [0.2, 0.25) is 17.7 Å². The normalized spacial score (nSPS) is 14.9. The van der Waals surface area contributed by atoms with E-state index in [9.17, 15) is 24.3 Å². The Balaban J connectivity index is 2.74. The van der Waals surface area contributed by atoms with Crippen LogP contribution in [0.15, 0.2) is 30.3 Å². The van der Waals surface area contributed by atoms with Crippen molar-refractivity contribution in [2.75, 3.05) is 0 Å². The number of amides is 3. The van der Waals surface area contributed by atoms with Gasteiger partial charge < -0.3 is 26.8 Å². The fourth-order valence-corrected chi connectivity index (χ4v) is 3.13. The van der Waals surface area contributed by atoms with Crippen molar-refractivity contribution in [2.24, 2.45) is 17.6 Å². The third-order valence-electron chi connectivity index (χ3n) is 4.96. The van der Waals surface area contributed by atoms with Crippen LogP contribution in [0.4, 0.5) is 0 Å². The number of nitrogens with two attached hydrogens (primary N) is 1. The largest absolute Gasteiger partial charge is 0.480 e.